The molecule has 0 radical (unpaired) electrons. The predicted octanol–water partition coefficient (Wildman–Crippen LogP) is 2.60. The molecule has 142 valence electrons. The number of carbonyl (C=O) groups is 2. The van der Waals surface area contributed by atoms with E-state index in [4.69, 9.17) is 0 Å². The maximum absolute atomic E-state index is 12.4. The Morgan fingerprint density at radius 2 is 1.89 bits per heavy atom. The minimum atomic E-state index is -0.368. The van der Waals surface area contributed by atoms with Crippen LogP contribution in [-0.2, 0) is 16.1 Å². The van der Waals surface area contributed by atoms with Gasteiger partial charge in [-0.05, 0) is 30.7 Å². The number of aromatic nitrogens is 1. The Balaban J connectivity index is 1.49. The summed E-state index contributed by atoms with van der Waals surface area (Å²) in [6.07, 6.45) is 3.36. The highest BCUT2D eigenvalue weighted by atomic mass is 32.1. The van der Waals surface area contributed by atoms with Crippen LogP contribution < -0.4 is 0 Å². The number of thiazole rings is 1. The Hall–Kier alpha value is -2.51. The molecule has 2 aromatic rings. The van der Waals surface area contributed by atoms with E-state index in [1.165, 1.54) is 7.11 Å². The summed E-state index contributed by atoms with van der Waals surface area (Å²) in [5, 5.41) is 3.18. The summed E-state index contributed by atoms with van der Waals surface area (Å²) in [5.74, 6) is -0.358. The number of aryl methyl sites for hydroxylation is 1. The molecule has 27 heavy (non-hydrogen) atoms. The maximum Gasteiger partial charge on any atom is 0.337 e. The highest BCUT2D eigenvalue weighted by molar-refractivity contribution is 7.09. The molecule has 0 N–H and O–H groups in total. The minimum Gasteiger partial charge on any atom is -0.465 e. The summed E-state index contributed by atoms with van der Waals surface area (Å²) in [6, 6.07) is 6.97. The van der Waals surface area contributed by atoms with Crippen molar-refractivity contribution >= 4 is 29.3 Å². The number of benzene rings is 1. The average molecular weight is 385 g/mol. The zero-order chi connectivity index (χ0) is 19.2. The molecule has 1 aromatic heterocycles. The van der Waals surface area contributed by atoms with Gasteiger partial charge in [-0.15, -0.1) is 11.3 Å². The molecular formula is C20H23N3O3S. The molecule has 0 spiro atoms. The van der Waals surface area contributed by atoms with Gasteiger partial charge in [0.2, 0.25) is 5.91 Å². The summed E-state index contributed by atoms with van der Waals surface area (Å²) >= 11 is 1.67. The van der Waals surface area contributed by atoms with Crippen LogP contribution in [-0.4, -0.2) is 59.9 Å². The van der Waals surface area contributed by atoms with E-state index < -0.39 is 0 Å². The van der Waals surface area contributed by atoms with E-state index in [0.717, 1.165) is 35.9 Å². The molecule has 7 heteroatoms. The number of methoxy groups -OCH3 is 1. The Morgan fingerprint density at radius 1 is 1.19 bits per heavy atom. The molecular weight excluding hydrogens is 362 g/mol. The van der Waals surface area contributed by atoms with Crippen LogP contribution in [0.5, 0.6) is 0 Å². The van der Waals surface area contributed by atoms with E-state index in [1.54, 1.807) is 47.8 Å². The van der Waals surface area contributed by atoms with Crippen LogP contribution in [0.3, 0.4) is 0 Å². The van der Waals surface area contributed by atoms with Gasteiger partial charge < -0.3 is 9.64 Å². The summed E-state index contributed by atoms with van der Waals surface area (Å²) in [7, 11) is 1.35. The van der Waals surface area contributed by atoms with Gasteiger partial charge in [0.25, 0.3) is 0 Å². The first-order chi connectivity index (χ1) is 13.0. The van der Waals surface area contributed by atoms with Gasteiger partial charge in [-0.2, -0.15) is 0 Å². The number of rotatable bonds is 5. The van der Waals surface area contributed by atoms with Crippen molar-refractivity contribution in [3.05, 3.63) is 57.6 Å². The molecule has 1 fully saturated rings. The first-order valence-corrected chi connectivity index (χ1v) is 9.72. The van der Waals surface area contributed by atoms with Gasteiger partial charge >= 0.3 is 5.97 Å². The van der Waals surface area contributed by atoms with Crippen molar-refractivity contribution in [3.8, 4) is 0 Å². The molecule has 6 nitrogen and oxygen atoms in total. The van der Waals surface area contributed by atoms with Crippen molar-refractivity contribution in [1.29, 1.82) is 0 Å². The topological polar surface area (TPSA) is 62.7 Å². The summed E-state index contributed by atoms with van der Waals surface area (Å²) in [6.45, 7) is 5.99. The normalized spacial score (nSPS) is 15.3. The Kier molecular flexibility index (Phi) is 6.36. The highest BCUT2D eigenvalue weighted by Crippen LogP contribution is 2.13. The third-order valence-electron chi connectivity index (χ3n) is 4.49. The second-order valence-electron chi connectivity index (χ2n) is 6.41. The molecule has 1 aliphatic rings. The number of piperazine rings is 1. The van der Waals surface area contributed by atoms with Crippen molar-refractivity contribution in [2.45, 2.75) is 13.5 Å². The lowest BCUT2D eigenvalue weighted by Crippen LogP contribution is -2.47. The quantitative estimate of drug-likeness (QED) is 0.585. The first-order valence-electron chi connectivity index (χ1n) is 8.84. The molecule has 1 amide bonds. The molecule has 1 aromatic carbocycles. The molecule has 3 rings (SSSR count). The van der Waals surface area contributed by atoms with Gasteiger partial charge in [-0.3, -0.25) is 9.69 Å². The van der Waals surface area contributed by atoms with Crippen LogP contribution in [0, 0.1) is 6.92 Å². The smallest absolute Gasteiger partial charge is 0.337 e. The fourth-order valence-corrected chi connectivity index (χ4v) is 3.56. The summed E-state index contributed by atoms with van der Waals surface area (Å²) < 4.78 is 4.68. The fourth-order valence-electron chi connectivity index (χ4n) is 2.96. The standard InChI is InChI=1S/C20H23N3O3S/c1-15-21-18(14-27-15)13-22-9-11-23(12-10-22)19(24)8-5-16-3-6-17(7-4-16)20(25)26-2/h3-8,14H,9-13H2,1-2H3/b8-5+. The molecule has 2 heterocycles. The number of esters is 1. The third kappa shape index (κ3) is 5.24. The van der Waals surface area contributed by atoms with Crippen LogP contribution >= 0.6 is 11.3 Å². The monoisotopic (exact) mass is 385 g/mol. The van der Waals surface area contributed by atoms with E-state index in [0.29, 0.717) is 18.7 Å². The number of amides is 1. The molecule has 1 saturated heterocycles. The van der Waals surface area contributed by atoms with Crippen molar-refractivity contribution in [1.82, 2.24) is 14.8 Å². The molecule has 1 aliphatic heterocycles. The molecule has 0 unspecified atom stereocenters. The summed E-state index contributed by atoms with van der Waals surface area (Å²) in [4.78, 5) is 32.5. The number of ether oxygens (including phenoxy) is 1. The Morgan fingerprint density at radius 3 is 2.48 bits per heavy atom. The molecule has 0 aliphatic carbocycles. The number of hydrogen-bond acceptors (Lipinski definition) is 6. The van der Waals surface area contributed by atoms with Crippen LogP contribution in [0.4, 0.5) is 0 Å². The van der Waals surface area contributed by atoms with Crippen LogP contribution in [0.1, 0.15) is 26.6 Å². The van der Waals surface area contributed by atoms with E-state index in [1.807, 2.05) is 11.8 Å². The number of hydrogen-bond donors (Lipinski definition) is 0. The molecule has 0 saturated carbocycles. The largest absolute Gasteiger partial charge is 0.465 e. The second kappa shape index (κ2) is 8.92. The van der Waals surface area contributed by atoms with Crippen LogP contribution in [0.2, 0.25) is 0 Å². The lowest BCUT2D eigenvalue weighted by molar-refractivity contribution is -0.127. The van der Waals surface area contributed by atoms with E-state index in [9.17, 15) is 9.59 Å². The van der Waals surface area contributed by atoms with Gasteiger partial charge in [0, 0.05) is 44.2 Å². The van der Waals surface area contributed by atoms with Gasteiger partial charge in [0.05, 0.1) is 23.4 Å². The lowest BCUT2D eigenvalue weighted by Gasteiger charge is -2.33. The molecule has 0 atom stereocenters. The van der Waals surface area contributed by atoms with Gasteiger partial charge in [0.1, 0.15) is 0 Å². The van der Waals surface area contributed by atoms with Gasteiger partial charge in [0.15, 0.2) is 0 Å². The van der Waals surface area contributed by atoms with Crippen molar-refractivity contribution in [2.24, 2.45) is 0 Å². The Labute approximate surface area is 163 Å². The zero-order valence-electron chi connectivity index (χ0n) is 15.6. The average Bonchev–Trinajstić information content (AvgIpc) is 3.11. The van der Waals surface area contributed by atoms with Crippen LogP contribution in [0.15, 0.2) is 35.7 Å². The van der Waals surface area contributed by atoms with Crippen LogP contribution in [0.25, 0.3) is 6.08 Å². The fraction of sp³-hybridized carbons (Fsp3) is 0.350. The Bertz CT molecular complexity index is 821. The second-order valence-corrected chi connectivity index (χ2v) is 7.47. The van der Waals surface area contributed by atoms with E-state index >= 15 is 0 Å². The van der Waals surface area contributed by atoms with Crippen molar-refractivity contribution in [3.63, 3.8) is 0 Å². The first kappa shape index (κ1) is 19.3. The van der Waals surface area contributed by atoms with Crippen molar-refractivity contribution in [2.75, 3.05) is 33.3 Å². The van der Waals surface area contributed by atoms with E-state index in [2.05, 4.69) is 20.0 Å². The third-order valence-corrected chi connectivity index (χ3v) is 5.31. The van der Waals surface area contributed by atoms with Gasteiger partial charge in [-0.1, -0.05) is 12.1 Å². The molecule has 0 bridgehead atoms. The highest BCUT2D eigenvalue weighted by Gasteiger charge is 2.20. The van der Waals surface area contributed by atoms with E-state index in [-0.39, 0.29) is 11.9 Å². The predicted molar refractivity (Wildman–Crippen MR) is 106 cm³/mol. The minimum absolute atomic E-state index is 0.0104. The number of nitrogens with zero attached hydrogens (tertiary/aromatic N) is 3. The van der Waals surface area contributed by atoms with Gasteiger partial charge in [-0.25, -0.2) is 9.78 Å². The lowest BCUT2D eigenvalue weighted by atomic mass is 10.1. The summed E-state index contributed by atoms with van der Waals surface area (Å²) in [5.41, 5.74) is 2.47. The zero-order valence-corrected chi connectivity index (χ0v) is 16.4. The SMILES string of the molecule is COC(=O)c1ccc(/C=C/C(=O)N2CCN(Cc3csc(C)n3)CC2)cc1. The van der Waals surface area contributed by atoms with Crippen molar-refractivity contribution < 1.29 is 14.3 Å². The number of carbonyl (C=O) groups excluding carboxylic acids is 2. The maximum atomic E-state index is 12.4.